The van der Waals surface area contributed by atoms with E-state index in [0.717, 1.165) is 0 Å². The van der Waals surface area contributed by atoms with Gasteiger partial charge in [-0.3, -0.25) is 0 Å². The summed E-state index contributed by atoms with van der Waals surface area (Å²) in [6, 6.07) is 13.1. The molecule has 1 aliphatic rings. The first-order valence-electron chi connectivity index (χ1n) is 6.66. The summed E-state index contributed by atoms with van der Waals surface area (Å²) in [7, 11) is 2.14. The lowest BCUT2D eigenvalue weighted by Gasteiger charge is -2.24. The number of anilines is 1. The molecule has 1 aliphatic heterocycles. The lowest BCUT2D eigenvalue weighted by atomic mass is 9.81. The van der Waals surface area contributed by atoms with Crippen LogP contribution in [0, 0.1) is 0 Å². The van der Waals surface area contributed by atoms with Crippen molar-refractivity contribution in [3.63, 3.8) is 0 Å². The van der Waals surface area contributed by atoms with Gasteiger partial charge in [0, 0.05) is 23.8 Å². The highest BCUT2D eigenvalue weighted by Crippen LogP contribution is 2.49. The molecule has 0 unspecified atom stereocenters. The van der Waals surface area contributed by atoms with Crippen LogP contribution in [0.3, 0.4) is 0 Å². The highest BCUT2D eigenvalue weighted by molar-refractivity contribution is 5.94. The lowest BCUT2D eigenvalue weighted by molar-refractivity contribution is 0.645. The average Bonchev–Trinajstić information content (AvgIpc) is 2.60. The largest absolute Gasteiger partial charge is 0.347 e. The SMILES string of the molecule is C=C/C=C1/N(C)c2ccc3ccccc3c2C1(C)C. The van der Waals surface area contributed by atoms with Gasteiger partial charge in [-0.25, -0.2) is 0 Å². The van der Waals surface area contributed by atoms with Crippen LogP contribution in [-0.2, 0) is 5.41 Å². The van der Waals surface area contributed by atoms with Gasteiger partial charge < -0.3 is 4.90 Å². The van der Waals surface area contributed by atoms with Gasteiger partial charge in [-0.1, -0.05) is 56.8 Å². The number of allylic oxidation sites excluding steroid dienone is 3. The summed E-state index contributed by atoms with van der Waals surface area (Å²) in [5.41, 5.74) is 4.03. The summed E-state index contributed by atoms with van der Waals surface area (Å²) in [5.74, 6) is 0. The summed E-state index contributed by atoms with van der Waals surface area (Å²) in [5, 5.41) is 2.66. The van der Waals surface area contributed by atoms with Gasteiger partial charge in [-0.05, 0) is 28.5 Å². The Bertz CT molecular complexity index is 692. The first kappa shape index (κ1) is 12.0. The van der Waals surface area contributed by atoms with Crippen LogP contribution in [0.4, 0.5) is 5.69 Å². The third-order valence-electron chi connectivity index (χ3n) is 4.17. The molecule has 0 saturated carbocycles. The van der Waals surface area contributed by atoms with Gasteiger partial charge in [0.25, 0.3) is 0 Å². The zero-order valence-electron chi connectivity index (χ0n) is 11.8. The zero-order chi connectivity index (χ0) is 13.6. The monoisotopic (exact) mass is 249 g/mol. The fourth-order valence-electron chi connectivity index (χ4n) is 3.31. The van der Waals surface area contributed by atoms with Crippen molar-refractivity contribution in [1.82, 2.24) is 0 Å². The number of nitrogens with zero attached hydrogens (tertiary/aromatic N) is 1. The van der Waals surface area contributed by atoms with Crippen LogP contribution in [0.25, 0.3) is 10.8 Å². The van der Waals surface area contributed by atoms with E-state index in [9.17, 15) is 0 Å². The third-order valence-corrected chi connectivity index (χ3v) is 4.17. The molecule has 1 heterocycles. The maximum Gasteiger partial charge on any atom is 0.0454 e. The van der Waals surface area contributed by atoms with Crippen molar-refractivity contribution in [1.29, 1.82) is 0 Å². The van der Waals surface area contributed by atoms with Gasteiger partial charge in [0.2, 0.25) is 0 Å². The Morgan fingerprint density at radius 1 is 1.11 bits per heavy atom. The average molecular weight is 249 g/mol. The number of hydrogen-bond acceptors (Lipinski definition) is 1. The highest BCUT2D eigenvalue weighted by atomic mass is 15.2. The van der Waals surface area contributed by atoms with Gasteiger partial charge in [0.15, 0.2) is 0 Å². The van der Waals surface area contributed by atoms with Crippen molar-refractivity contribution < 1.29 is 0 Å². The van der Waals surface area contributed by atoms with Crippen molar-refractivity contribution in [3.8, 4) is 0 Å². The van der Waals surface area contributed by atoms with E-state index in [-0.39, 0.29) is 5.41 Å². The molecule has 0 amide bonds. The van der Waals surface area contributed by atoms with E-state index >= 15 is 0 Å². The number of hydrogen-bond donors (Lipinski definition) is 0. The van der Waals surface area contributed by atoms with Crippen LogP contribution in [0.5, 0.6) is 0 Å². The molecule has 0 N–H and O–H groups in total. The summed E-state index contributed by atoms with van der Waals surface area (Å²) < 4.78 is 0. The van der Waals surface area contributed by atoms with E-state index in [1.165, 1.54) is 27.7 Å². The molecule has 0 saturated heterocycles. The Hall–Kier alpha value is -2.02. The highest BCUT2D eigenvalue weighted by Gasteiger charge is 2.39. The molecular weight excluding hydrogens is 230 g/mol. The quantitative estimate of drug-likeness (QED) is 0.712. The van der Waals surface area contributed by atoms with Crippen LogP contribution in [0.1, 0.15) is 19.4 Å². The summed E-state index contributed by atoms with van der Waals surface area (Å²) in [6.45, 7) is 8.42. The van der Waals surface area contributed by atoms with Gasteiger partial charge in [-0.2, -0.15) is 0 Å². The second kappa shape index (κ2) is 3.99. The Kier molecular flexibility index (Phi) is 2.53. The topological polar surface area (TPSA) is 3.24 Å². The minimum absolute atomic E-state index is 0.0130. The van der Waals surface area contributed by atoms with Crippen molar-refractivity contribution in [2.45, 2.75) is 19.3 Å². The Labute approximate surface area is 114 Å². The molecule has 2 aromatic rings. The van der Waals surface area contributed by atoms with Gasteiger partial charge in [0.1, 0.15) is 0 Å². The predicted molar refractivity (Wildman–Crippen MR) is 83.7 cm³/mol. The standard InChI is InChI=1S/C18H19N/c1-5-8-16-18(2,3)17-14-10-7-6-9-13(14)11-12-15(17)19(16)4/h5-12H,1H2,2-4H3/b16-8+. The van der Waals surface area contributed by atoms with E-state index in [0.29, 0.717) is 0 Å². The van der Waals surface area contributed by atoms with Gasteiger partial charge in [0.05, 0.1) is 0 Å². The van der Waals surface area contributed by atoms with Crippen LogP contribution in [0.15, 0.2) is 60.8 Å². The van der Waals surface area contributed by atoms with Crippen molar-refractivity contribution in [3.05, 3.63) is 66.4 Å². The van der Waals surface area contributed by atoms with Gasteiger partial charge in [-0.15, -0.1) is 0 Å². The fraction of sp³-hybridized carbons (Fsp3) is 0.222. The zero-order valence-corrected chi connectivity index (χ0v) is 11.8. The second-order valence-electron chi connectivity index (χ2n) is 5.65. The first-order valence-corrected chi connectivity index (χ1v) is 6.66. The van der Waals surface area contributed by atoms with E-state index in [1.807, 2.05) is 6.08 Å². The predicted octanol–water partition coefficient (Wildman–Crippen LogP) is 4.64. The van der Waals surface area contributed by atoms with Crippen LogP contribution >= 0.6 is 0 Å². The molecule has 1 heteroatoms. The van der Waals surface area contributed by atoms with E-state index in [4.69, 9.17) is 0 Å². The maximum atomic E-state index is 3.85. The first-order chi connectivity index (χ1) is 9.07. The summed E-state index contributed by atoms with van der Waals surface area (Å²) in [4.78, 5) is 2.28. The molecule has 19 heavy (non-hydrogen) atoms. The number of likely N-dealkylation sites (N-methyl/N-ethyl adjacent to an activating group) is 1. The molecular formula is C18H19N. The van der Waals surface area contributed by atoms with E-state index in [1.54, 1.807) is 0 Å². The molecule has 0 spiro atoms. The van der Waals surface area contributed by atoms with Crippen LogP contribution in [-0.4, -0.2) is 7.05 Å². The lowest BCUT2D eigenvalue weighted by Crippen LogP contribution is -2.22. The molecule has 2 aromatic carbocycles. The Morgan fingerprint density at radius 3 is 2.58 bits per heavy atom. The van der Waals surface area contributed by atoms with Crippen molar-refractivity contribution in [2.75, 3.05) is 11.9 Å². The maximum absolute atomic E-state index is 3.85. The summed E-state index contributed by atoms with van der Waals surface area (Å²) >= 11 is 0. The Balaban J connectivity index is 2.40. The second-order valence-corrected chi connectivity index (χ2v) is 5.65. The molecule has 1 nitrogen and oxygen atoms in total. The van der Waals surface area contributed by atoms with E-state index in [2.05, 4.69) is 74.8 Å². The number of fused-ring (bicyclic) bond motifs is 3. The fourth-order valence-corrected chi connectivity index (χ4v) is 3.31. The van der Waals surface area contributed by atoms with E-state index < -0.39 is 0 Å². The number of rotatable bonds is 1. The van der Waals surface area contributed by atoms with Crippen LogP contribution in [0.2, 0.25) is 0 Å². The molecule has 0 bridgehead atoms. The molecule has 0 aromatic heterocycles. The normalized spacial score (nSPS) is 18.9. The minimum atomic E-state index is 0.0130. The molecule has 0 fully saturated rings. The molecule has 0 aliphatic carbocycles. The molecule has 96 valence electrons. The smallest absolute Gasteiger partial charge is 0.0454 e. The molecule has 0 radical (unpaired) electrons. The molecule has 3 rings (SSSR count). The van der Waals surface area contributed by atoms with Crippen LogP contribution < -0.4 is 4.90 Å². The van der Waals surface area contributed by atoms with Crippen molar-refractivity contribution >= 4 is 16.5 Å². The molecule has 0 atom stereocenters. The third kappa shape index (κ3) is 1.54. The Morgan fingerprint density at radius 2 is 1.84 bits per heavy atom. The van der Waals surface area contributed by atoms with Gasteiger partial charge >= 0.3 is 0 Å². The summed E-state index contributed by atoms with van der Waals surface area (Å²) in [6.07, 6.45) is 4.00. The van der Waals surface area contributed by atoms with Crippen molar-refractivity contribution in [2.24, 2.45) is 0 Å². The number of benzene rings is 2. The minimum Gasteiger partial charge on any atom is -0.347 e.